The van der Waals surface area contributed by atoms with Crippen molar-refractivity contribution in [3.8, 4) is 5.75 Å². The second-order valence-corrected chi connectivity index (χ2v) is 10.2. The van der Waals surface area contributed by atoms with Gasteiger partial charge in [0.2, 0.25) is 0 Å². The van der Waals surface area contributed by atoms with Gasteiger partial charge in [-0.2, -0.15) is 0 Å². The number of rotatable bonds is 1. The molecule has 0 amide bonds. The average molecular weight is 418 g/mol. The van der Waals surface area contributed by atoms with Gasteiger partial charge in [0.1, 0.15) is 18.0 Å². The minimum absolute atomic E-state index is 0.177. The topological polar surface area (TPSA) is 47.6 Å². The summed E-state index contributed by atoms with van der Waals surface area (Å²) in [5.41, 5.74) is 3.38. The molecular weight excluding hydrogens is 394 g/mol. The molecule has 0 saturated heterocycles. The van der Waals surface area contributed by atoms with Crippen molar-refractivity contribution in [2.75, 3.05) is 24.2 Å². The van der Waals surface area contributed by atoms with E-state index >= 15 is 0 Å². The first-order valence-corrected chi connectivity index (χ1v) is 10.8. The van der Waals surface area contributed by atoms with Crippen LogP contribution in [0.15, 0.2) is 36.4 Å². The summed E-state index contributed by atoms with van der Waals surface area (Å²) in [6, 6.07) is 11.6. The Kier molecular flexibility index (Phi) is 5.00. The van der Waals surface area contributed by atoms with Crippen LogP contribution in [0.4, 0.5) is 5.69 Å². The second kappa shape index (κ2) is 7.20. The van der Waals surface area contributed by atoms with Crippen LogP contribution in [0.2, 0.25) is 5.02 Å². The Morgan fingerprint density at radius 3 is 2.86 bits per heavy atom. The number of carbonyl (C=O) groups excluding carboxylic acids is 1. The lowest BCUT2D eigenvalue weighted by atomic mass is 9.91. The molecule has 148 valence electrons. The Labute approximate surface area is 174 Å². The van der Waals surface area contributed by atoms with E-state index in [0.29, 0.717) is 12.2 Å². The number of nitrogens with one attached hydrogen (secondary N) is 1. The van der Waals surface area contributed by atoms with Crippen molar-refractivity contribution in [2.24, 2.45) is 0 Å². The fraction of sp³-hybridized carbons (Fsp3) is 0.409. The van der Waals surface area contributed by atoms with E-state index in [2.05, 4.69) is 17.4 Å². The molecule has 2 aliphatic rings. The van der Waals surface area contributed by atoms with Gasteiger partial charge in [-0.25, -0.2) is 4.79 Å². The van der Waals surface area contributed by atoms with Crippen molar-refractivity contribution in [3.63, 3.8) is 0 Å². The zero-order chi connectivity index (χ0) is 19.9. The molecule has 0 aromatic heterocycles. The van der Waals surface area contributed by atoms with Crippen molar-refractivity contribution >= 4 is 35.0 Å². The van der Waals surface area contributed by atoms with Gasteiger partial charge in [0, 0.05) is 11.6 Å². The van der Waals surface area contributed by atoms with E-state index in [1.165, 1.54) is 11.1 Å². The SMILES string of the molecule is CC(C)(C)OC(=O)c1ccc2c(c1)NC[C@@]1(CO2)SCCc2cc(Cl)ccc21. The van der Waals surface area contributed by atoms with E-state index in [4.69, 9.17) is 21.1 Å². The molecule has 4 rings (SSSR count). The summed E-state index contributed by atoms with van der Waals surface area (Å²) in [5.74, 6) is 1.45. The Morgan fingerprint density at radius 2 is 2.07 bits per heavy atom. The molecule has 2 aromatic rings. The molecule has 6 heteroatoms. The molecule has 0 unspecified atom stereocenters. The summed E-state index contributed by atoms with van der Waals surface area (Å²) in [7, 11) is 0. The van der Waals surface area contributed by atoms with Crippen molar-refractivity contribution in [1.82, 2.24) is 0 Å². The highest BCUT2D eigenvalue weighted by Gasteiger charge is 2.40. The Bertz CT molecular complexity index is 924. The summed E-state index contributed by atoms with van der Waals surface area (Å²) >= 11 is 8.12. The maximum Gasteiger partial charge on any atom is 0.338 e. The number of hydrogen-bond acceptors (Lipinski definition) is 5. The minimum Gasteiger partial charge on any atom is -0.490 e. The maximum absolute atomic E-state index is 12.4. The molecule has 1 spiro atoms. The number of esters is 1. The number of halogens is 1. The van der Waals surface area contributed by atoms with E-state index in [1.54, 1.807) is 6.07 Å². The highest BCUT2D eigenvalue weighted by Crippen LogP contribution is 2.46. The predicted octanol–water partition coefficient (Wildman–Crippen LogP) is 5.28. The number of aryl methyl sites for hydroxylation is 1. The molecule has 0 bridgehead atoms. The first-order chi connectivity index (χ1) is 13.3. The lowest BCUT2D eigenvalue weighted by Gasteiger charge is -2.37. The van der Waals surface area contributed by atoms with Crippen LogP contribution in [0.3, 0.4) is 0 Å². The van der Waals surface area contributed by atoms with Crippen LogP contribution in [-0.2, 0) is 15.9 Å². The fourth-order valence-electron chi connectivity index (χ4n) is 3.65. The lowest BCUT2D eigenvalue weighted by molar-refractivity contribution is 0.00696. The molecule has 4 nitrogen and oxygen atoms in total. The Hall–Kier alpha value is -1.85. The summed E-state index contributed by atoms with van der Waals surface area (Å²) < 4.78 is 11.5. The van der Waals surface area contributed by atoms with E-state index < -0.39 is 5.60 Å². The van der Waals surface area contributed by atoms with Crippen molar-refractivity contribution < 1.29 is 14.3 Å². The van der Waals surface area contributed by atoms with E-state index in [-0.39, 0.29) is 10.7 Å². The molecule has 2 aliphatic heterocycles. The molecule has 2 heterocycles. The Balaban J connectivity index is 1.61. The number of fused-ring (bicyclic) bond motifs is 3. The van der Waals surface area contributed by atoms with Crippen LogP contribution in [-0.4, -0.2) is 30.5 Å². The third-order valence-electron chi connectivity index (χ3n) is 4.95. The summed E-state index contributed by atoms with van der Waals surface area (Å²) in [6.45, 7) is 6.88. The van der Waals surface area contributed by atoms with Crippen LogP contribution in [0.1, 0.15) is 42.3 Å². The van der Waals surface area contributed by atoms with Crippen LogP contribution >= 0.6 is 23.4 Å². The summed E-state index contributed by atoms with van der Waals surface area (Å²) in [6.07, 6.45) is 1.01. The van der Waals surface area contributed by atoms with Crippen LogP contribution in [0.25, 0.3) is 0 Å². The first kappa shape index (κ1) is 19.5. The molecule has 0 fully saturated rings. The van der Waals surface area contributed by atoms with Gasteiger partial charge in [0.25, 0.3) is 0 Å². The standard InChI is InChI=1S/C22H24ClNO3S/c1-21(2,3)27-20(25)15-4-7-19-18(11-15)24-12-22(13-26-19)17-6-5-16(23)10-14(17)8-9-28-22/h4-7,10-11,24H,8-9,12-13H2,1-3H3/t22-/m0/s1. The van der Waals surface area contributed by atoms with Gasteiger partial charge < -0.3 is 14.8 Å². The maximum atomic E-state index is 12.4. The Morgan fingerprint density at radius 1 is 1.25 bits per heavy atom. The molecular formula is C22H24ClNO3S. The smallest absolute Gasteiger partial charge is 0.338 e. The van der Waals surface area contributed by atoms with Gasteiger partial charge in [-0.1, -0.05) is 17.7 Å². The first-order valence-electron chi connectivity index (χ1n) is 9.43. The minimum atomic E-state index is -0.526. The highest BCUT2D eigenvalue weighted by molar-refractivity contribution is 8.00. The third-order valence-corrected chi connectivity index (χ3v) is 6.63. The van der Waals surface area contributed by atoms with Gasteiger partial charge in [-0.05, 0) is 74.4 Å². The van der Waals surface area contributed by atoms with Crippen LogP contribution in [0, 0.1) is 0 Å². The molecule has 2 aromatic carbocycles. The van der Waals surface area contributed by atoms with E-state index in [1.807, 2.05) is 50.7 Å². The second-order valence-electron chi connectivity index (χ2n) is 8.25. The van der Waals surface area contributed by atoms with Crippen molar-refractivity contribution in [3.05, 3.63) is 58.1 Å². The van der Waals surface area contributed by atoms with Gasteiger partial charge in [0.15, 0.2) is 0 Å². The van der Waals surface area contributed by atoms with Crippen molar-refractivity contribution in [1.29, 1.82) is 0 Å². The zero-order valence-corrected chi connectivity index (χ0v) is 17.9. The normalized spacial score (nSPS) is 21.0. The van der Waals surface area contributed by atoms with Gasteiger partial charge in [-0.3, -0.25) is 0 Å². The van der Waals surface area contributed by atoms with Crippen LogP contribution in [0.5, 0.6) is 5.75 Å². The zero-order valence-electron chi connectivity index (χ0n) is 16.3. The highest BCUT2D eigenvalue weighted by atomic mass is 35.5. The fourth-order valence-corrected chi connectivity index (χ4v) is 5.23. The van der Waals surface area contributed by atoms with Crippen LogP contribution < -0.4 is 10.1 Å². The number of carbonyl (C=O) groups is 1. The summed E-state index contributed by atoms with van der Waals surface area (Å²) in [4.78, 5) is 12.4. The predicted molar refractivity (Wildman–Crippen MR) is 115 cm³/mol. The number of ether oxygens (including phenoxy) is 2. The van der Waals surface area contributed by atoms with Gasteiger partial charge >= 0.3 is 5.97 Å². The number of anilines is 1. The molecule has 1 atom stereocenters. The summed E-state index contributed by atoms with van der Waals surface area (Å²) in [5, 5.41) is 4.28. The number of benzene rings is 2. The molecule has 0 saturated carbocycles. The largest absolute Gasteiger partial charge is 0.490 e. The molecule has 0 aliphatic carbocycles. The third kappa shape index (κ3) is 3.83. The number of thioether (sulfide) groups is 1. The van der Waals surface area contributed by atoms with Gasteiger partial charge in [-0.15, -0.1) is 11.8 Å². The molecule has 0 radical (unpaired) electrons. The van der Waals surface area contributed by atoms with E-state index in [9.17, 15) is 4.79 Å². The molecule has 28 heavy (non-hydrogen) atoms. The van der Waals surface area contributed by atoms with E-state index in [0.717, 1.165) is 35.2 Å². The van der Waals surface area contributed by atoms with Gasteiger partial charge in [0.05, 0.1) is 16.0 Å². The number of hydrogen-bond donors (Lipinski definition) is 1. The molecule has 1 N–H and O–H groups in total. The monoisotopic (exact) mass is 417 g/mol. The average Bonchev–Trinajstić information content (AvgIpc) is 2.80. The lowest BCUT2D eigenvalue weighted by Crippen LogP contribution is -2.39. The van der Waals surface area contributed by atoms with Crippen molar-refractivity contribution in [2.45, 2.75) is 37.5 Å². The quantitative estimate of drug-likeness (QED) is 0.639.